The zero-order valence-corrected chi connectivity index (χ0v) is 8.64. The molecule has 1 atom stereocenters. The van der Waals surface area contributed by atoms with Crippen LogP contribution in [0.25, 0.3) is 0 Å². The molecule has 0 saturated heterocycles. The Morgan fingerprint density at radius 3 is 2.54 bits per heavy atom. The number of nitrogens with two attached hydrogens (primary N) is 1. The number of hydrogen-bond acceptors (Lipinski definition) is 3. The Labute approximate surface area is 83.7 Å². The third-order valence-electron chi connectivity index (χ3n) is 1.53. The molecular formula is C8H16N2O2S. The average Bonchev–Trinajstić information content (AvgIpc) is 2.02. The van der Waals surface area contributed by atoms with Crippen LogP contribution in [0.15, 0.2) is 0 Å². The smallest absolute Gasteiger partial charge is 0.232 e. The van der Waals surface area contributed by atoms with Crippen LogP contribution in [0, 0.1) is 0 Å². The van der Waals surface area contributed by atoms with Gasteiger partial charge in [0.1, 0.15) is 0 Å². The Hall–Kier alpha value is -0.710. The topological polar surface area (TPSA) is 72.2 Å². The van der Waals surface area contributed by atoms with Gasteiger partial charge in [-0.15, -0.1) is 0 Å². The van der Waals surface area contributed by atoms with Gasteiger partial charge in [-0.05, 0) is 19.8 Å². The Balaban J connectivity index is 3.26. The molecule has 5 heteroatoms. The minimum absolute atomic E-state index is 0.0811. The van der Waals surface area contributed by atoms with E-state index in [1.54, 1.807) is 6.92 Å². The van der Waals surface area contributed by atoms with Crippen LogP contribution < -0.4 is 11.1 Å². The first-order chi connectivity index (χ1) is 6.04. The molecule has 0 spiro atoms. The lowest BCUT2D eigenvalue weighted by Crippen LogP contribution is -2.30. The second kappa shape index (κ2) is 6.77. The first-order valence-corrected chi connectivity index (χ1v) is 4.79. The van der Waals surface area contributed by atoms with E-state index in [9.17, 15) is 9.59 Å². The fraction of sp³-hybridized carbons (Fsp3) is 0.750. The summed E-state index contributed by atoms with van der Waals surface area (Å²) in [6, 6.07) is 0. The third kappa shape index (κ3) is 7.64. The number of primary amides is 1. The monoisotopic (exact) mass is 204 g/mol. The zero-order valence-electron chi connectivity index (χ0n) is 7.75. The van der Waals surface area contributed by atoms with E-state index < -0.39 is 0 Å². The van der Waals surface area contributed by atoms with Gasteiger partial charge in [-0.25, -0.2) is 0 Å². The lowest BCUT2D eigenvalue weighted by Gasteiger charge is -2.05. The van der Waals surface area contributed by atoms with Crippen LogP contribution in [-0.4, -0.2) is 23.6 Å². The fourth-order valence-corrected chi connectivity index (χ4v) is 0.875. The molecular weight excluding hydrogens is 188 g/mol. The highest BCUT2D eigenvalue weighted by Crippen LogP contribution is 1.94. The summed E-state index contributed by atoms with van der Waals surface area (Å²) in [5.74, 6) is -0.378. The van der Waals surface area contributed by atoms with E-state index in [1.807, 2.05) is 0 Å². The van der Waals surface area contributed by atoms with E-state index in [1.165, 1.54) is 0 Å². The number of hydrogen-bond donors (Lipinski definition) is 3. The van der Waals surface area contributed by atoms with E-state index in [0.717, 1.165) is 12.8 Å². The molecule has 1 unspecified atom stereocenters. The lowest BCUT2D eigenvalue weighted by atomic mass is 10.2. The maximum atomic E-state index is 11.0. The summed E-state index contributed by atoms with van der Waals surface area (Å²) in [5, 5.41) is 2.41. The molecule has 4 nitrogen and oxygen atoms in total. The van der Waals surface area contributed by atoms with Crippen LogP contribution in [0.5, 0.6) is 0 Å². The summed E-state index contributed by atoms with van der Waals surface area (Å²) >= 11 is 3.96. The van der Waals surface area contributed by atoms with Gasteiger partial charge in [0.05, 0.1) is 5.25 Å². The minimum Gasteiger partial charge on any atom is -0.370 e. The summed E-state index contributed by atoms with van der Waals surface area (Å²) in [6.45, 7) is 2.29. The van der Waals surface area contributed by atoms with Crippen molar-refractivity contribution in [2.75, 3.05) is 6.54 Å². The van der Waals surface area contributed by atoms with Gasteiger partial charge in [0.2, 0.25) is 11.8 Å². The van der Waals surface area contributed by atoms with Crippen molar-refractivity contribution in [2.45, 2.75) is 31.4 Å². The second-order valence-corrected chi connectivity index (χ2v) is 3.67. The largest absolute Gasteiger partial charge is 0.370 e. The van der Waals surface area contributed by atoms with Crippen molar-refractivity contribution in [1.29, 1.82) is 0 Å². The Kier molecular flexibility index (Phi) is 6.40. The summed E-state index contributed by atoms with van der Waals surface area (Å²) in [5.41, 5.74) is 4.94. The molecule has 2 amide bonds. The van der Waals surface area contributed by atoms with Crippen molar-refractivity contribution in [3.8, 4) is 0 Å². The average molecular weight is 204 g/mol. The van der Waals surface area contributed by atoms with Crippen molar-refractivity contribution >= 4 is 24.4 Å². The molecule has 0 radical (unpaired) electrons. The number of carbonyl (C=O) groups is 2. The second-order valence-electron chi connectivity index (χ2n) is 2.89. The maximum Gasteiger partial charge on any atom is 0.232 e. The van der Waals surface area contributed by atoms with E-state index in [4.69, 9.17) is 5.73 Å². The van der Waals surface area contributed by atoms with E-state index in [2.05, 4.69) is 17.9 Å². The molecule has 3 N–H and O–H groups in total. The highest BCUT2D eigenvalue weighted by molar-refractivity contribution is 7.81. The number of carbonyl (C=O) groups excluding carboxylic acids is 2. The predicted octanol–water partition coefficient (Wildman–Crippen LogP) is 0.0765. The highest BCUT2D eigenvalue weighted by Gasteiger charge is 2.05. The molecule has 0 fully saturated rings. The van der Waals surface area contributed by atoms with Gasteiger partial charge >= 0.3 is 0 Å². The standard InChI is InChI=1S/C8H16N2O2S/c1-6(13)8(12)10-5-3-2-4-7(9)11/h6,13H,2-5H2,1H3,(H2,9,11)(H,10,12). The van der Waals surface area contributed by atoms with Gasteiger partial charge in [0.25, 0.3) is 0 Å². The quantitative estimate of drug-likeness (QED) is 0.423. The summed E-state index contributed by atoms with van der Waals surface area (Å²) in [4.78, 5) is 21.3. The number of nitrogens with one attached hydrogen (secondary N) is 1. The Morgan fingerprint density at radius 2 is 2.08 bits per heavy atom. The molecule has 0 rings (SSSR count). The van der Waals surface area contributed by atoms with Gasteiger partial charge < -0.3 is 11.1 Å². The lowest BCUT2D eigenvalue weighted by molar-refractivity contribution is -0.120. The normalized spacial score (nSPS) is 12.2. The van der Waals surface area contributed by atoms with Crippen LogP contribution in [0.1, 0.15) is 26.2 Å². The number of amides is 2. The van der Waals surface area contributed by atoms with Crippen LogP contribution in [0.2, 0.25) is 0 Å². The van der Waals surface area contributed by atoms with Crippen molar-refractivity contribution in [2.24, 2.45) is 5.73 Å². The van der Waals surface area contributed by atoms with Crippen LogP contribution in [-0.2, 0) is 9.59 Å². The first-order valence-electron chi connectivity index (χ1n) is 4.28. The highest BCUT2D eigenvalue weighted by atomic mass is 32.1. The fourth-order valence-electron chi connectivity index (χ4n) is 0.784. The summed E-state index contributed by atoms with van der Waals surface area (Å²) in [6.07, 6.45) is 1.87. The molecule has 0 aliphatic carbocycles. The molecule has 13 heavy (non-hydrogen) atoms. The molecule has 0 saturated carbocycles. The summed E-state index contributed by atoms with van der Waals surface area (Å²) in [7, 11) is 0. The van der Waals surface area contributed by atoms with Crippen molar-refractivity contribution in [3.63, 3.8) is 0 Å². The SMILES string of the molecule is CC(S)C(=O)NCCCCC(N)=O. The minimum atomic E-state index is -0.297. The molecule has 0 aliphatic rings. The van der Waals surface area contributed by atoms with E-state index in [-0.39, 0.29) is 17.1 Å². The first kappa shape index (κ1) is 12.3. The summed E-state index contributed by atoms with van der Waals surface area (Å²) < 4.78 is 0. The van der Waals surface area contributed by atoms with Crippen LogP contribution >= 0.6 is 12.6 Å². The van der Waals surface area contributed by atoms with E-state index >= 15 is 0 Å². The van der Waals surface area contributed by atoms with Crippen LogP contribution in [0.4, 0.5) is 0 Å². The zero-order chi connectivity index (χ0) is 10.3. The number of unbranched alkanes of at least 4 members (excludes halogenated alkanes) is 1. The van der Waals surface area contributed by atoms with Crippen molar-refractivity contribution < 1.29 is 9.59 Å². The van der Waals surface area contributed by atoms with Crippen LogP contribution in [0.3, 0.4) is 0 Å². The van der Waals surface area contributed by atoms with Gasteiger partial charge in [-0.3, -0.25) is 9.59 Å². The molecule has 0 heterocycles. The Morgan fingerprint density at radius 1 is 1.46 bits per heavy atom. The molecule has 0 aliphatic heterocycles. The molecule has 76 valence electrons. The van der Waals surface area contributed by atoms with Gasteiger partial charge in [0.15, 0.2) is 0 Å². The molecule has 0 aromatic heterocycles. The van der Waals surface area contributed by atoms with E-state index in [0.29, 0.717) is 13.0 Å². The molecule has 0 aromatic rings. The maximum absolute atomic E-state index is 11.0. The van der Waals surface area contributed by atoms with Crippen molar-refractivity contribution in [3.05, 3.63) is 0 Å². The van der Waals surface area contributed by atoms with Gasteiger partial charge in [-0.1, -0.05) is 0 Å². The molecule has 0 aromatic carbocycles. The number of rotatable bonds is 6. The predicted molar refractivity (Wildman–Crippen MR) is 54.5 cm³/mol. The van der Waals surface area contributed by atoms with Gasteiger partial charge in [-0.2, -0.15) is 12.6 Å². The van der Waals surface area contributed by atoms with Gasteiger partial charge in [0, 0.05) is 13.0 Å². The van der Waals surface area contributed by atoms with Crippen molar-refractivity contribution in [1.82, 2.24) is 5.32 Å². The third-order valence-corrected chi connectivity index (χ3v) is 1.76. The Bertz CT molecular complexity index is 183. The molecule has 0 bridgehead atoms. The number of thiol groups is 1.